The van der Waals surface area contributed by atoms with Crippen LogP contribution in [0.25, 0.3) is 0 Å². The first-order valence-corrected chi connectivity index (χ1v) is 5.74. The molecule has 5 heteroatoms. The summed E-state index contributed by atoms with van der Waals surface area (Å²) >= 11 is 0. The van der Waals surface area contributed by atoms with E-state index in [0.29, 0.717) is 18.4 Å². The summed E-state index contributed by atoms with van der Waals surface area (Å²) in [5, 5.41) is 16.6. The molecule has 1 fully saturated rings. The van der Waals surface area contributed by atoms with Gasteiger partial charge >= 0.3 is 5.97 Å². The molecule has 88 valence electrons. The monoisotopic (exact) mass is 223 g/mol. The Kier molecular flexibility index (Phi) is 3.22. The summed E-state index contributed by atoms with van der Waals surface area (Å²) in [6.45, 7) is 1.95. The van der Waals surface area contributed by atoms with Gasteiger partial charge in [0.2, 0.25) is 0 Å². The summed E-state index contributed by atoms with van der Waals surface area (Å²) < 4.78 is 2.11. The van der Waals surface area contributed by atoms with Gasteiger partial charge in [0.05, 0.1) is 0 Å². The zero-order chi connectivity index (χ0) is 11.5. The molecule has 0 spiro atoms. The van der Waals surface area contributed by atoms with Crippen LogP contribution in [-0.4, -0.2) is 25.8 Å². The van der Waals surface area contributed by atoms with Gasteiger partial charge in [0.15, 0.2) is 0 Å². The van der Waals surface area contributed by atoms with Crippen molar-refractivity contribution >= 4 is 5.97 Å². The lowest BCUT2D eigenvalue weighted by Crippen LogP contribution is -2.20. The molecule has 0 amide bonds. The van der Waals surface area contributed by atoms with Crippen molar-refractivity contribution in [1.29, 1.82) is 0 Å². The van der Waals surface area contributed by atoms with E-state index >= 15 is 0 Å². The smallest absolute Gasteiger partial charge is 0.303 e. The van der Waals surface area contributed by atoms with Crippen molar-refractivity contribution in [3.8, 4) is 0 Å². The van der Waals surface area contributed by atoms with Crippen molar-refractivity contribution in [3.63, 3.8) is 0 Å². The van der Waals surface area contributed by atoms with E-state index < -0.39 is 5.97 Å². The first kappa shape index (κ1) is 11.1. The van der Waals surface area contributed by atoms with Crippen LogP contribution >= 0.6 is 0 Å². The fourth-order valence-electron chi connectivity index (χ4n) is 2.53. The molecule has 0 aromatic carbocycles. The molecule has 0 aliphatic heterocycles. The van der Waals surface area contributed by atoms with Gasteiger partial charge in [-0.05, 0) is 38.5 Å². The molecule has 1 aromatic heterocycles. The second-order valence-electron chi connectivity index (χ2n) is 4.56. The van der Waals surface area contributed by atoms with Crippen LogP contribution in [0.5, 0.6) is 0 Å². The van der Waals surface area contributed by atoms with Gasteiger partial charge in [-0.25, -0.2) is 0 Å². The lowest BCUT2D eigenvalue weighted by atomic mass is 9.84. The quantitative estimate of drug-likeness (QED) is 0.848. The summed E-state index contributed by atoms with van der Waals surface area (Å²) in [6, 6.07) is 0.458. The summed E-state index contributed by atoms with van der Waals surface area (Å²) in [5.41, 5.74) is 0. The predicted octanol–water partition coefficient (Wildman–Crippen LogP) is 1.79. The van der Waals surface area contributed by atoms with Crippen LogP contribution in [0.4, 0.5) is 0 Å². The molecule has 0 radical (unpaired) electrons. The Hall–Kier alpha value is -1.39. The Labute approximate surface area is 94.5 Å². The average molecular weight is 223 g/mol. The first-order chi connectivity index (χ1) is 7.66. The molecule has 1 aliphatic carbocycles. The van der Waals surface area contributed by atoms with E-state index in [9.17, 15) is 4.79 Å². The van der Waals surface area contributed by atoms with E-state index in [4.69, 9.17) is 5.11 Å². The van der Waals surface area contributed by atoms with Gasteiger partial charge in [-0.3, -0.25) is 4.79 Å². The van der Waals surface area contributed by atoms with Gasteiger partial charge in [0, 0.05) is 12.5 Å². The lowest BCUT2D eigenvalue weighted by Gasteiger charge is -2.28. The highest BCUT2D eigenvalue weighted by Crippen LogP contribution is 2.33. The second kappa shape index (κ2) is 4.63. The highest BCUT2D eigenvalue weighted by molar-refractivity contribution is 5.67. The molecule has 0 bridgehead atoms. The number of rotatable bonds is 3. The maximum atomic E-state index is 10.6. The van der Waals surface area contributed by atoms with Crippen molar-refractivity contribution in [2.45, 2.75) is 45.1 Å². The van der Waals surface area contributed by atoms with Crippen LogP contribution in [0.15, 0.2) is 6.33 Å². The van der Waals surface area contributed by atoms with Crippen LogP contribution in [0, 0.1) is 12.8 Å². The first-order valence-electron chi connectivity index (χ1n) is 5.74. The van der Waals surface area contributed by atoms with Crippen molar-refractivity contribution in [3.05, 3.63) is 12.2 Å². The minimum absolute atomic E-state index is 0.313. The molecule has 1 aliphatic rings. The molecule has 16 heavy (non-hydrogen) atoms. The number of aliphatic carboxylic acids is 1. The third kappa shape index (κ3) is 2.40. The van der Waals surface area contributed by atoms with E-state index in [1.165, 1.54) is 0 Å². The van der Waals surface area contributed by atoms with Crippen LogP contribution in [0.1, 0.15) is 44.0 Å². The molecule has 2 rings (SSSR count). The fourth-order valence-corrected chi connectivity index (χ4v) is 2.53. The molecule has 1 aromatic rings. The van der Waals surface area contributed by atoms with Crippen molar-refractivity contribution in [2.24, 2.45) is 5.92 Å². The molecule has 1 N–H and O–H groups in total. The van der Waals surface area contributed by atoms with Crippen molar-refractivity contribution < 1.29 is 9.90 Å². The van der Waals surface area contributed by atoms with Gasteiger partial charge in [-0.1, -0.05) is 0 Å². The molecular weight excluding hydrogens is 206 g/mol. The van der Waals surface area contributed by atoms with E-state index in [2.05, 4.69) is 14.8 Å². The van der Waals surface area contributed by atoms with Crippen molar-refractivity contribution in [1.82, 2.24) is 14.8 Å². The van der Waals surface area contributed by atoms with E-state index in [0.717, 1.165) is 31.5 Å². The van der Waals surface area contributed by atoms with Gasteiger partial charge in [-0.2, -0.15) is 0 Å². The lowest BCUT2D eigenvalue weighted by molar-refractivity contribution is -0.138. The topological polar surface area (TPSA) is 68.0 Å². The number of carbonyl (C=O) groups is 1. The molecule has 1 heterocycles. The number of aryl methyl sites for hydroxylation is 1. The van der Waals surface area contributed by atoms with Crippen LogP contribution in [0.3, 0.4) is 0 Å². The Morgan fingerprint density at radius 1 is 1.50 bits per heavy atom. The number of carboxylic acid groups (broad SMARTS) is 1. The Morgan fingerprint density at radius 3 is 2.69 bits per heavy atom. The number of aromatic nitrogens is 3. The van der Waals surface area contributed by atoms with Crippen LogP contribution < -0.4 is 0 Å². The summed E-state index contributed by atoms with van der Waals surface area (Å²) in [6.07, 6.45) is 6.15. The Morgan fingerprint density at radius 2 is 2.19 bits per heavy atom. The minimum Gasteiger partial charge on any atom is -0.481 e. The van der Waals surface area contributed by atoms with E-state index in [1.54, 1.807) is 6.33 Å². The molecule has 1 saturated carbocycles. The average Bonchev–Trinajstić information content (AvgIpc) is 2.65. The van der Waals surface area contributed by atoms with Crippen LogP contribution in [0.2, 0.25) is 0 Å². The largest absolute Gasteiger partial charge is 0.481 e. The Bertz CT molecular complexity index is 367. The standard InChI is InChI=1S/C11H17N3O2/c1-8-13-12-7-14(8)10-4-2-9(3-5-10)6-11(15)16/h7,9-10H,2-6H2,1H3,(H,15,16). The maximum Gasteiger partial charge on any atom is 0.303 e. The highest BCUT2D eigenvalue weighted by atomic mass is 16.4. The third-order valence-electron chi connectivity index (χ3n) is 3.43. The molecular formula is C11H17N3O2. The number of carboxylic acids is 1. The second-order valence-corrected chi connectivity index (χ2v) is 4.56. The SMILES string of the molecule is Cc1nncn1C1CCC(CC(=O)O)CC1. The minimum atomic E-state index is -0.677. The predicted molar refractivity (Wildman–Crippen MR) is 58.0 cm³/mol. The van der Waals surface area contributed by atoms with Crippen LogP contribution in [-0.2, 0) is 4.79 Å². The van der Waals surface area contributed by atoms with Gasteiger partial charge in [0.25, 0.3) is 0 Å². The maximum absolute atomic E-state index is 10.6. The number of hydrogen-bond acceptors (Lipinski definition) is 3. The van der Waals surface area contributed by atoms with Gasteiger partial charge in [0.1, 0.15) is 12.2 Å². The number of hydrogen-bond donors (Lipinski definition) is 1. The van der Waals surface area contributed by atoms with Crippen molar-refractivity contribution in [2.75, 3.05) is 0 Å². The fraction of sp³-hybridized carbons (Fsp3) is 0.727. The van der Waals surface area contributed by atoms with E-state index in [-0.39, 0.29) is 0 Å². The van der Waals surface area contributed by atoms with Gasteiger partial charge < -0.3 is 9.67 Å². The summed E-state index contributed by atoms with van der Waals surface area (Å²) in [5.74, 6) is 0.621. The molecule has 0 unspecified atom stereocenters. The number of nitrogens with zero attached hydrogens (tertiary/aromatic N) is 3. The summed E-state index contributed by atoms with van der Waals surface area (Å²) in [4.78, 5) is 10.6. The zero-order valence-electron chi connectivity index (χ0n) is 9.46. The van der Waals surface area contributed by atoms with E-state index in [1.807, 2.05) is 6.92 Å². The molecule has 0 atom stereocenters. The Balaban J connectivity index is 1.90. The third-order valence-corrected chi connectivity index (χ3v) is 3.43. The molecule has 5 nitrogen and oxygen atoms in total. The molecule has 0 saturated heterocycles. The highest BCUT2D eigenvalue weighted by Gasteiger charge is 2.24. The van der Waals surface area contributed by atoms with Gasteiger partial charge in [-0.15, -0.1) is 10.2 Å². The normalized spacial score (nSPS) is 25.6. The zero-order valence-corrected chi connectivity index (χ0v) is 9.46. The summed E-state index contributed by atoms with van der Waals surface area (Å²) in [7, 11) is 0.